The number of rotatable bonds is 4. The van der Waals surface area contributed by atoms with Gasteiger partial charge in [-0.3, -0.25) is 4.79 Å². The Balaban J connectivity index is 2.61. The third-order valence-electron chi connectivity index (χ3n) is 2.24. The lowest BCUT2D eigenvalue weighted by atomic mass is 9.96. The van der Waals surface area contributed by atoms with E-state index >= 15 is 0 Å². The molecule has 0 aromatic heterocycles. The van der Waals surface area contributed by atoms with E-state index in [2.05, 4.69) is 0 Å². The molecule has 0 spiro atoms. The average Bonchev–Trinajstić information content (AvgIpc) is 2.14. The Morgan fingerprint density at radius 3 is 2.27 bits per heavy atom. The number of nitrogens with two attached hydrogens (primary N) is 1. The van der Waals surface area contributed by atoms with Crippen LogP contribution in [-0.2, 0) is 6.42 Å². The zero-order valence-electron chi connectivity index (χ0n) is 9.09. The van der Waals surface area contributed by atoms with Crippen LogP contribution in [0.3, 0.4) is 0 Å². The molecule has 3 heteroatoms. The number of aryl methyl sites for hydroxylation is 1. The van der Waals surface area contributed by atoms with Crippen molar-refractivity contribution in [2.75, 3.05) is 0 Å². The molecule has 0 aliphatic heterocycles. The number of carbonyl (C=O) groups is 1. The summed E-state index contributed by atoms with van der Waals surface area (Å²) in [5, 5.41) is -0.416. The van der Waals surface area contributed by atoms with E-state index in [1.807, 2.05) is 26.0 Å². The zero-order valence-corrected chi connectivity index (χ0v) is 9.84. The van der Waals surface area contributed by atoms with E-state index < -0.39 is 5.24 Å². The van der Waals surface area contributed by atoms with Crippen LogP contribution in [0.5, 0.6) is 0 Å². The topological polar surface area (TPSA) is 43.1 Å². The van der Waals surface area contributed by atoms with Crippen LogP contribution < -0.4 is 5.73 Å². The molecule has 1 aromatic carbocycles. The molecule has 0 aliphatic carbocycles. The highest BCUT2D eigenvalue weighted by Crippen LogP contribution is 2.12. The maximum Gasteiger partial charge on any atom is 0.252 e. The maximum atomic E-state index is 10.8. The molecule has 15 heavy (non-hydrogen) atoms. The van der Waals surface area contributed by atoms with Gasteiger partial charge in [-0.1, -0.05) is 12.1 Å². The summed E-state index contributed by atoms with van der Waals surface area (Å²) in [5.74, 6) is 0. The van der Waals surface area contributed by atoms with Crippen LogP contribution in [0.4, 0.5) is 0 Å². The van der Waals surface area contributed by atoms with Gasteiger partial charge in [0, 0.05) is 11.1 Å². The van der Waals surface area contributed by atoms with Crippen molar-refractivity contribution in [2.45, 2.75) is 32.2 Å². The molecule has 2 N–H and O–H groups in total. The van der Waals surface area contributed by atoms with Gasteiger partial charge in [0.25, 0.3) is 5.24 Å². The van der Waals surface area contributed by atoms with Crippen molar-refractivity contribution in [3.8, 4) is 0 Å². The van der Waals surface area contributed by atoms with Crippen LogP contribution in [0.15, 0.2) is 24.3 Å². The van der Waals surface area contributed by atoms with Gasteiger partial charge in [-0.2, -0.15) is 0 Å². The summed E-state index contributed by atoms with van der Waals surface area (Å²) in [5.41, 5.74) is 7.45. The molecule has 2 nitrogen and oxygen atoms in total. The Morgan fingerprint density at radius 2 is 1.87 bits per heavy atom. The standard InChI is InChI=1S/C12H16ClNO/c1-12(2,14)8-7-9-3-5-10(6-4-9)11(13)15/h3-6H,7-8,14H2,1-2H3. The number of halogens is 1. The minimum absolute atomic E-state index is 0.152. The number of benzene rings is 1. The molecular weight excluding hydrogens is 210 g/mol. The summed E-state index contributed by atoms with van der Waals surface area (Å²) >= 11 is 5.35. The Kier molecular flexibility index (Phi) is 3.89. The van der Waals surface area contributed by atoms with Gasteiger partial charge in [-0.15, -0.1) is 0 Å². The molecule has 0 amide bonds. The molecule has 0 radical (unpaired) electrons. The van der Waals surface area contributed by atoms with Crippen molar-refractivity contribution in [1.29, 1.82) is 0 Å². The number of hydrogen-bond donors (Lipinski definition) is 1. The molecule has 0 saturated carbocycles. The summed E-state index contributed by atoms with van der Waals surface area (Å²) in [4.78, 5) is 10.8. The molecule has 0 atom stereocenters. The third kappa shape index (κ3) is 4.45. The molecule has 0 saturated heterocycles. The van der Waals surface area contributed by atoms with E-state index in [9.17, 15) is 4.79 Å². The largest absolute Gasteiger partial charge is 0.326 e. The van der Waals surface area contributed by atoms with Crippen molar-refractivity contribution in [3.63, 3.8) is 0 Å². The van der Waals surface area contributed by atoms with Crippen LogP contribution in [0.2, 0.25) is 0 Å². The molecule has 1 aromatic rings. The minimum atomic E-state index is -0.416. The highest BCUT2D eigenvalue weighted by atomic mass is 35.5. The van der Waals surface area contributed by atoms with E-state index in [-0.39, 0.29) is 5.54 Å². The number of carbonyl (C=O) groups excluding carboxylic acids is 1. The van der Waals surface area contributed by atoms with Gasteiger partial charge in [-0.25, -0.2) is 0 Å². The first-order chi connectivity index (χ1) is 6.88. The molecule has 0 unspecified atom stereocenters. The first kappa shape index (κ1) is 12.2. The van der Waals surface area contributed by atoms with Gasteiger partial charge in [0.05, 0.1) is 0 Å². The zero-order chi connectivity index (χ0) is 11.5. The lowest BCUT2D eigenvalue weighted by Crippen LogP contribution is -2.32. The average molecular weight is 226 g/mol. The maximum absolute atomic E-state index is 10.8. The molecule has 0 heterocycles. The first-order valence-corrected chi connectivity index (χ1v) is 5.34. The first-order valence-electron chi connectivity index (χ1n) is 4.96. The fraction of sp³-hybridized carbons (Fsp3) is 0.417. The SMILES string of the molecule is CC(C)(N)CCc1ccc(C(=O)Cl)cc1. The molecule has 1 rings (SSSR count). The van der Waals surface area contributed by atoms with Gasteiger partial charge in [0.15, 0.2) is 0 Å². The predicted octanol–water partition coefficient (Wildman–Crippen LogP) is 2.74. The van der Waals surface area contributed by atoms with Gasteiger partial charge in [0.1, 0.15) is 0 Å². The van der Waals surface area contributed by atoms with Crippen LogP contribution in [0.1, 0.15) is 36.2 Å². The van der Waals surface area contributed by atoms with Crippen molar-refractivity contribution in [1.82, 2.24) is 0 Å². The summed E-state index contributed by atoms with van der Waals surface area (Å²) in [7, 11) is 0. The van der Waals surface area contributed by atoms with Crippen LogP contribution in [-0.4, -0.2) is 10.8 Å². The molecule has 82 valence electrons. The lowest BCUT2D eigenvalue weighted by Gasteiger charge is -2.17. The van der Waals surface area contributed by atoms with E-state index in [4.69, 9.17) is 17.3 Å². The number of hydrogen-bond acceptors (Lipinski definition) is 2. The van der Waals surface area contributed by atoms with Gasteiger partial charge in [0.2, 0.25) is 0 Å². The van der Waals surface area contributed by atoms with E-state index in [1.54, 1.807) is 12.1 Å². The minimum Gasteiger partial charge on any atom is -0.326 e. The van der Waals surface area contributed by atoms with Crippen LogP contribution in [0, 0.1) is 0 Å². The summed E-state index contributed by atoms with van der Waals surface area (Å²) in [6.07, 6.45) is 1.83. The summed E-state index contributed by atoms with van der Waals surface area (Å²) in [6.45, 7) is 4.01. The van der Waals surface area contributed by atoms with Crippen LogP contribution in [0.25, 0.3) is 0 Å². The second-order valence-corrected chi connectivity index (χ2v) is 4.80. The van der Waals surface area contributed by atoms with Gasteiger partial charge in [-0.05, 0) is 56.0 Å². The van der Waals surface area contributed by atoms with Crippen molar-refractivity contribution in [2.24, 2.45) is 5.73 Å². The monoisotopic (exact) mass is 225 g/mol. The Hall–Kier alpha value is -0.860. The normalized spacial score (nSPS) is 11.5. The quantitative estimate of drug-likeness (QED) is 0.801. The van der Waals surface area contributed by atoms with E-state index in [1.165, 1.54) is 5.56 Å². The van der Waals surface area contributed by atoms with Crippen molar-refractivity contribution in [3.05, 3.63) is 35.4 Å². The molecule has 0 aliphatic rings. The molecular formula is C12H16ClNO. The highest BCUT2D eigenvalue weighted by Gasteiger charge is 2.10. The molecule has 0 fully saturated rings. The predicted molar refractivity (Wildman–Crippen MR) is 63.2 cm³/mol. The van der Waals surface area contributed by atoms with E-state index in [0.717, 1.165) is 12.8 Å². The van der Waals surface area contributed by atoms with Crippen molar-refractivity contribution < 1.29 is 4.79 Å². The highest BCUT2D eigenvalue weighted by molar-refractivity contribution is 6.67. The van der Waals surface area contributed by atoms with Gasteiger partial charge >= 0.3 is 0 Å². The smallest absolute Gasteiger partial charge is 0.252 e. The Bertz CT molecular complexity index is 338. The van der Waals surface area contributed by atoms with Gasteiger partial charge < -0.3 is 5.73 Å². The third-order valence-corrected chi connectivity index (χ3v) is 2.46. The fourth-order valence-electron chi connectivity index (χ4n) is 1.27. The summed E-state index contributed by atoms with van der Waals surface area (Å²) in [6, 6.07) is 7.32. The fourth-order valence-corrected chi connectivity index (χ4v) is 1.39. The van der Waals surface area contributed by atoms with E-state index in [0.29, 0.717) is 5.56 Å². The second-order valence-electron chi connectivity index (χ2n) is 4.46. The second kappa shape index (κ2) is 4.77. The van der Waals surface area contributed by atoms with Crippen molar-refractivity contribution >= 4 is 16.8 Å². The Morgan fingerprint density at radius 1 is 1.33 bits per heavy atom. The summed E-state index contributed by atoms with van der Waals surface area (Å²) < 4.78 is 0. The van der Waals surface area contributed by atoms with Crippen LogP contribution >= 0.6 is 11.6 Å². The Labute approximate surface area is 95.4 Å². The molecule has 0 bridgehead atoms. The lowest BCUT2D eigenvalue weighted by molar-refractivity contribution is 0.108.